The van der Waals surface area contributed by atoms with E-state index in [1.54, 1.807) is 21.7 Å². The number of piperidine rings is 1. The molecule has 4 aromatic heterocycles. The van der Waals surface area contributed by atoms with Gasteiger partial charge in [0.05, 0.1) is 41.5 Å². The van der Waals surface area contributed by atoms with Crippen molar-refractivity contribution in [2.24, 2.45) is 0 Å². The largest absolute Gasteiger partial charge is 0.479 e. The molecule has 1 saturated heterocycles. The Bertz CT molecular complexity index is 1440. The second-order valence-electron chi connectivity index (χ2n) is 8.80. The van der Waals surface area contributed by atoms with Crippen molar-refractivity contribution < 1.29 is 19.0 Å². The Labute approximate surface area is 216 Å². The number of aliphatic hydroxyl groups excluding tert-OH is 1. The van der Waals surface area contributed by atoms with Crippen LogP contribution in [-0.2, 0) is 4.79 Å². The van der Waals surface area contributed by atoms with Gasteiger partial charge in [0.2, 0.25) is 5.91 Å². The third kappa shape index (κ3) is 4.79. The number of halogens is 2. The van der Waals surface area contributed by atoms with E-state index in [0.29, 0.717) is 46.3 Å². The number of hydrogen-bond donors (Lipinski definition) is 1. The molecule has 0 bridgehead atoms. The highest BCUT2D eigenvalue weighted by atomic mass is 35.5. The van der Waals surface area contributed by atoms with Crippen LogP contribution in [0.4, 0.5) is 4.39 Å². The molecule has 1 N–H and O–H groups in total. The van der Waals surface area contributed by atoms with E-state index < -0.39 is 11.9 Å². The average Bonchev–Trinajstić information content (AvgIpc) is 3.49. The van der Waals surface area contributed by atoms with Crippen LogP contribution in [0.5, 0.6) is 5.75 Å². The summed E-state index contributed by atoms with van der Waals surface area (Å²) >= 11 is 6.39. The summed E-state index contributed by atoms with van der Waals surface area (Å²) in [5.41, 5.74) is 3.07. The first-order valence-electron chi connectivity index (χ1n) is 11.8. The fraction of sp³-hybridized carbons (Fsp3) is 0.320. The van der Waals surface area contributed by atoms with E-state index in [-0.39, 0.29) is 18.6 Å². The maximum absolute atomic E-state index is 13.4. The van der Waals surface area contributed by atoms with Crippen molar-refractivity contribution in [1.82, 2.24) is 34.5 Å². The molecule has 5 rings (SSSR count). The molecule has 10 nitrogen and oxygen atoms in total. The van der Waals surface area contributed by atoms with Gasteiger partial charge in [-0.3, -0.25) is 9.78 Å². The van der Waals surface area contributed by atoms with Crippen LogP contribution in [0.1, 0.15) is 36.4 Å². The van der Waals surface area contributed by atoms with Gasteiger partial charge in [-0.2, -0.15) is 5.10 Å². The van der Waals surface area contributed by atoms with Gasteiger partial charge in [-0.05, 0) is 44.0 Å². The first-order chi connectivity index (χ1) is 17.9. The Morgan fingerprint density at radius 1 is 1.35 bits per heavy atom. The van der Waals surface area contributed by atoms with Gasteiger partial charge in [0.1, 0.15) is 22.8 Å². The van der Waals surface area contributed by atoms with Gasteiger partial charge in [-0.1, -0.05) is 23.4 Å². The van der Waals surface area contributed by atoms with Crippen LogP contribution >= 0.6 is 11.6 Å². The zero-order valence-electron chi connectivity index (χ0n) is 20.1. The predicted octanol–water partition coefficient (Wildman–Crippen LogP) is 3.55. The molecule has 0 saturated carbocycles. The summed E-state index contributed by atoms with van der Waals surface area (Å²) in [4.78, 5) is 17.7. The molecule has 1 unspecified atom stereocenters. The molecule has 0 aromatic carbocycles. The highest BCUT2D eigenvalue weighted by Gasteiger charge is 2.26. The Kier molecular flexibility index (Phi) is 6.90. The number of hydrogen-bond acceptors (Lipinski definition) is 7. The third-order valence-corrected chi connectivity index (χ3v) is 6.82. The molecule has 5 heterocycles. The molecule has 0 radical (unpaired) electrons. The van der Waals surface area contributed by atoms with Crippen molar-refractivity contribution in [3.63, 3.8) is 0 Å². The van der Waals surface area contributed by atoms with Crippen LogP contribution in [0.25, 0.3) is 16.8 Å². The topological polar surface area (TPSA) is 111 Å². The highest BCUT2D eigenvalue weighted by molar-refractivity contribution is 6.34. The smallest absolute Gasteiger partial charge is 0.245 e. The second kappa shape index (κ2) is 10.3. The Hall–Kier alpha value is -3.83. The molecule has 1 aliphatic heterocycles. The number of carbonyl (C=O) groups is 1. The van der Waals surface area contributed by atoms with Gasteiger partial charge in [0, 0.05) is 24.8 Å². The van der Waals surface area contributed by atoms with Gasteiger partial charge in [0.15, 0.2) is 6.10 Å². The number of aliphatic hydroxyl groups is 1. The second-order valence-corrected chi connectivity index (χ2v) is 9.20. The summed E-state index contributed by atoms with van der Waals surface area (Å²) in [7, 11) is 0. The predicted molar refractivity (Wildman–Crippen MR) is 134 cm³/mol. The van der Waals surface area contributed by atoms with Crippen LogP contribution in [-0.4, -0.2) is 65.2 Å². The molecule has 0 spiro atoms. The molecular formula is C25H25ClFN7O3. The van der Waals surface area contributed by atoms with E-state index in [9.17, 15) is 14.3 Å². The standard InChI is InChI=1S/C25H25ClFN7O3/c1-3-23(36)32-8-6-18(7-9-32)34-15(2)24(30-31-34)16-10-21(25-19(26)12-29-33(25)13-16)37-22(14-35)20-5-4-17(27)11-28-20/h3-5,10-13,18,22,35H,1,6-9,14H2,2H3. The fourth-order valence-corrected chi connectivity index (χ4v) is 4.83. The summed E-state index contributed by atoms with van der Waals surface area (Å²) in [6.45, 7) is 6.37. The molecule has 0 aliphatic carbocycles. The molecule has 12 heteroatoms. The number of rotatable bonds is 7. The van der Waals surface area contributed by atoms with Crippen molar-refractivity contribution in [1.29, 1.82) is 0 Å². The lowest BCUT2D eigenvalue weighted by molar-refractivity contribution is -0.127. The molecular weight excluding hydrogens is 501 g/mol. The molecule has 192 valence electrons. The van der Waals surface area contributed by atoms with Crippen molar-refractivity contribution in [2.45, 2.75) is 31.9 Å². The molecule has 37 heavy (non-hydrogen) atoms. The lowest BCUT2D eigenvalue weighted by atomic mass is 10.0. The van der Waals surface area contributed by atoms with Gasteiger partial charge in [-0.25, -0.2) is 13.6 Å². The van der Waals surface area contributed by atoms with Gasteiger partial charge in [0.25, 0.3) is 0 Å². The first-order valence-corrected chi connectivity index (χ1v) is 12.2. The van der Waals surface area contributed by atoms with Crippen LogP contribution < -0.4 is 4.74 Å². The van der Waals surface area contributed by atoms with E-state index in [4.69, 9.17) is 16.3 Å². The Balaban J connectivity index is 1.46. The summed E-state index contributed by atoms with van der Waals surface area (Å²) < 4.78 is 23.0. The van der Waals surface area contributed by atoms with E-state index >= 15 is 0 Å². The lowest BCUT2D eigenvalue weighted by Crippen LogP contribution is -2.38. The van der Waals surface area contributed by atoms with Crippen LogP contribution in [0.3, 0.4) is 0 Å². The minimum absolute atomic E-state index is 0.0646. The number of amides is 1. The number of pyridine rings is 2. The fourth-order valence-electron chi connectivity index (χ4n) is 4.60. The van der Waals surface area contributed by atoms with Crippen LogP contribution in [0, 0.1) is 12.7 Å². The molecule has 4 aromatic rings. The van der Waals surface area contributed by atoms with Crippen LogP contribution in [0.15, 0.2) is 49.4 Å². The Morgan fingerprint density at radius 2 is 2.14 bits per heavy atom. The number of likely N-dealkylation sites (tertiary alicyclic amines) is 1. The van der Waals surface area contributed by atoms with E-state index in [0.717, 1.165) is 24.7 Å². The van der Waals surface area contributed by atoms with Gasteiger partial charge in [-0.15, -0.1) is 5.10 Å². The van der Waals surface area contributed by atoms with E-state index in [2.05, 4.69) is 27.0 Å². The summed E-state index contributed by atoms with van der Waals surface area (Å²) in [6.07, 6.45) is 6.35. The number of ether oxygens (including phenoxy) is 1. The SMILES string of the molecule is C=CC(=O)N1CCC(n2nnc(-c3cc(OC(CO)c4ccc(F)cn4)c4c(Cl)cnn4c3)c2C)CC1. The van der Waals surface area contributed by atoms with Crippen molar-refractivity contribution in [2.75, 3.05) is 19.7 Å². The first kappa shape index (κ1) is 24.8. The third-order valence-electron chi connectivity index (χ3n) is 6.54. The summed E-state index contributed by atoms with van der Waals surface area (Å²) in [5, 5.41) is 23.5. The number of fused-ring (bicyclic) bond motifs is 1. The number of nitrogens with zero attached hydrogens (tertiary/aromatic N) is 7. The van der Waals surface area contributed by atoms with Gasteiger partial charge >= 0.3 is 0 Å². The van der Waals surface area contributed by atoms with Crippen LogP contribution in [0.2, 0.25) is 5.02 Å². The van der Waals surface area contributed by atoms with E-state index in [1.807, 2.05) is 11.6 Å². The normalized spacial score (nSPS) is 15.2. The molecule has 1 amide bonds. The average molecular weight is 526 g/mol. The Morgan fingerprint density at radius 3 is 2.81 bits per heavy atom. The number of carbonyl (C=O) groups excluding carboxylic acids is 1. The monoisotopic (exact) mass is 525 g/mol. The maximum atomic E-state index is 13.4. The molecule has 1 aliphatic rings. The minimum Gasteiger partial charge on any atom is -0.479 e. The summed E-state index contributed by atoms with van der Waals surface area (Å²) in [6, 6.07) is 4.59. The van der Waals surface area contributed by atoms with E-state index in [1.165, 1.54) is 24.4 Å². The minimum atomic E-state index is -0.856. The zero-order chi connectivity index (χ0) is 26.1. The lowest BCUT2D eigenvalue weighted by Gasteiger charge is -2.31. The van der Waals surface area contributed by atoms with Crippen molar-refractivity contribution >= 4 is 23.0 Å². The van der Waals surface area contributed by atoms with Crippen molar-refractivity contribution in [3.8, 4) is 17.0 Å². The number of aromatic nitrogens is 6. The quantitative estimate of drug-likeness (QED) is 0.367. The molecule has 1 atom stereocenters. The molecule has 1 fully saturated rings. The van der Waals surface area contributed by atoms with Gasteiger partial charge < -0.3 is 14.7 Å². The maximum Gasteiger partial charge on any atom is 0.245 e. The van der Waals surface area contributed by atoms with Crippen molar-refractivity contribution in [3.05, 3.63) is 71.7 Å². The highest BCUT2D eigenvalue weighted by Crippen LogP contribution is 2.35. The zero-order valence-corrected chi connectivity index (χ0v) is 20.8. The summed E-state index contributed by atoms with van der Waals surface area (Å²) in [5.74, 6) is -0.194.